The standard InChI is InChI=1S/C44H78NO12P/c1-3-5-7-9-11-12-13-14-15-16-17-18-21-25-29-33-42(48)54-35-38(36-55-58(52,53)56-37-39(45)44(50)51)57-43(49)34-30-26-22-19-20-24-28-32-41(47)40(46)31-27-23-10-8-6-4-2/h14-15,19,22-24,27-28,38-41,46-47H,3-13,16-18,20-21,25-26,29-37,45H2,1-2H3,(H,50,51)(H,52,53)/b15-14-,22-19-,27-23+,28-24-. The van der Waals surface area contributed by atoms with Gasteiger partial charge in [-0.15, -0.1) is 0 Å². The van der Waals surface area contributed by atoms with E-state index in [9.17, 15) is 34.1 Å². The van der Waals surface area contributed by atoms with Crippen molar-refractivity contribution < 1.29 is 57.7 Å². The lowest BCUT2D eigenvalue weighted by molar-refractivity contribution is -0.161. The van der Waals surface area contributed by atoms with E-state index in [1.165, 1.54) is 44.9 Å². The Kier molecular flexibility index (Phi) is 36.8. The molecule has 0 heterocycles. The third kappa shape index (κ3) is 36.4. The van der Waals surface area contributed by atoms with E-state index in [1.54, 1.807) is 0 Å². The molecular weight excluding hydrogens is 765 g/mol. The first-order valence-electron chi connectivity index (χ1n) is 21.8. The molecule has 0 aromatic heterocycles. The Morgan fingerprint density at radius 3 is 1.66 bits per heavy atom. The summed E-state index contributed by atoms with van der Waals surface area (Å²) in [6.07, 6.45) is 35.0. The summed E-state index contributed by atoms with van der Waals surface area (Å²) in [4.78, 5) is 45.9. The fourth-order valence-corrected chi connectivity index (χ4v) is 6.37. The van der Waals surface area contributed by atoms with Crippen LogP contribution in [0.4, 0.5) is 0 Å². The van der Waals surface area contributed by atoms with Crippen molar-refractivity contribution in [2.45, 2.75) is 192 Å². The summed E-state index contributed by atoms with van der Waals surface area (Å²) >= 11 is 0. The van der Waals surface area contributed by atoms with E-state index in [0.29, 0.717) is 38.5 Å². The highest BCUT2D eigenvalue weighted by Crippen LogP contribution is 2.43. The highest BCUT2D eigenvalue weighted by Gasteiger charge is 2.28. The third-order valence-corrected chi connectivity index (χ3v) is 10.2. The van der Waals surface area contributed by atoms with Crippen molar-refractivity contribution in [2.24, 2.45) is 5.73 Å². The molecule has 0 aliphatic heterocycles. The normalized spacial score (nSPS) is 15.3. The topological polar surface area (TPSA) is 212 Å². The number of phosphoric ester groups is 1. The summed E-state index contributed by atoms with van der Waals surface area (Å²) in [6.45, 7) is 2.55. The van der Waals surface area contributed by atoms with Gasteiger partial charge in [-0.1, -0.05) is 127 Å². The molecule has 58 heavy (non-hydrogen) atoms. The number of aliphatic hydroxyl groups excluding tert-OH is 2. The summed E-state index contributed by atoms with van der Waals surface area (Å²) in [7, 11) is -4.76. The van der Waals surface area contributed by atoms with E-state index in [1.807, 2.05) is 36.5 Å². The van der Waals surface area contributed by atoms with Crippen LogP contribution < -0.4 is 5.73 Å². The van der Waals surface area contributed by atoms with E-state index in [2.05, 4.69) is 30.5 Å². The maximum Gasteiger partial charge on any atom is 0.472 e. The summed E-state index contributed by atoms with van der Waals surface area (Å²) in [5, 5.41) is 29.2. The van der Waals surface area contributed by atoms with E-state index < -0.39 is 69.9 Å². The first-order chi connectivity index (χ1) is 27.9. The Labute approximate surface area is 349 Å². The molecule has 0 aromatic rings. The smallest absolute Gasteiger partial charge is 0.472 e. The molecule has 5 unspecified atom stereocenters. The number of unbranched alkanes of at least 4 members (excludes halogenated alkanes) is 15. The number of hydrogen-bond acceptors (Lipinski definition) is 11. The number of allylic oxidation sites excluding steroid dienone is 6. The number of phosphoric acid groups is 1. The fraction of sp³-hybridized carbons (Fsp3) is 0.750. The predicted molar refractivity (Wildman–Crippen MR) is 229 cm³/mol. The predicted octanol–water partition coefficient (Wildman–Crippen LogP) is 9.34. The Balaban J connectivity index is 4.58. The summed E-state index contributed by atoms with van der Waals surface area (Å²) in [6, 6.07) is -1.55. The summed E-state index contributed by atoms with van der Waals surface area (Å²) < 4.78 is 32.5. The van der Waals surface area contributed by atoms with Crippen molar-refractivity contribution in [3.63, 3.8) is 0 Å². The van der Waals surface area contributed by atoms with Crippen LogP contribution in [0.3, 0.4) is 0 Å². The first-order valence-corrected chi connectivity index (χ1v) is 23.3. The third-order valence-electron chi connectivity index (χ3n) is 9.23. The average Bonchev–Trinajstić information content (AvgIpc) is 3.19. The van der Waals surface area contributed by atoms with Crippen molar-refractivity contribution in [1.29, 1.82) is 0 Å². The average molecular weight is 844 g/mol. The SMILES string of the molecule is CCCCC/C=C/CC(O)C(O)C/C=C\C/C=C\CCCC(=O)OC(COC(=O)CCCCCCC/C=C\CCCCCCCC)COP(=O)(O)OCC(N)C(=O)O. The number of aliphatic hydroxyl groups is 2. The molecule has 0 radical (unpaired) electrons. The second kappa shape index (κ2) is 38.6. The molecule has 0 saturated heterocycles. The number of carboxylic acid groups (broad SMARTS) is 1. The van der Waals surface area contributed by atoms with Crippen LogP contribution in [0.2, 0.25) is 0 Å². The molecule has 0 rings (SSSR count). The van der Waals surface area contributed by atoms with Crippen LogP contribution in [-0.4, -0.2) is 82.3 Å². The zero-order chi connectivity index (χ0) is 43.1. The fourth-order valence-electron chi connectivity index (χ4n) is 5.59. The number of carbonyl (C=O) groups excluding carboxylic acids is 2. The van der Waals surface area contributed by atoms with Gasteiger partial charge in [0.1, 0.15) is 12.6 Å². The van der Waals surface area contributed by atoms with Gasteiger partial charge in [0, 0.05) is 12.8 Å². The molecule has 0 amide bonds. The minimum absolute atomic E-state index is 0.0252. The zero-order valence-electron chi connectivity index (χ0n) is 35.6. The van der Waals surface area contributed by atoms with E-state index in [0.717, 1.165) is 57.8 Å². The molecule has 0 fully saturated rings. The Morgan fingerprint density at radius 2 is 1.03 bits per heavy atom. The van der Waals surface area contributed by atoms with Crippen molar-refractivity contribution in [2.75, 3.05) is 19.8 Å². The van der Waals surface area contributed by atoms with Gasteiger partial charge in [0.2, 0.25) is 0 Å². The lowest BCUT2D eigenvalue weighted by Crippen LogP contribution is -2.34. The molecule has 14 heteroatoms. The van der Waals surface area contributed by atoms with E-state index in [4.69, 9.17) is 24.8 Å². The van der Waals surface area contributed by atoms with Crippen LogP contribution in [0.5, 0.6) is 0 Å². The Bertz CT molecular complexity index is 1210. The number of hydrogen-bond donors (Lipinski definition) is 5. The molecule has 0 aliphatic rings. The summed E-state index contributed by atoms with van der Waals surface area (Å²) in [5.41, 5.74) is 5.32. The molecular formula is C44H78NO12P. The number of carboxylic acids is 1. The molecule has 0 aromatic carbocycles. The van der Waals surface area contributed by atoms with Gasteiger partial charge in [-0.25, -0.2) is 4.57 Å². The van der Waals surface area contributed by atoms with Gasteiger partial charge in [-0.2, -0.15) is 0 Å². The van der Waals surface area contributed by atoms with Crippen molar-refractivity contribution in [1.82, 2.24) is 0 Å². The number of rotatable bonds is 40. The van der Waals surface area contributed by atoms with Crippen LogP contribution >= 0.6 is 7.82 Å². The molecule has 0 bridgehead atoms. The minimum Gasteiger partial charge on any atom is -0.480 e. The molecule has 13 nitrogen and oxygen atoms in total. The van der Waals surface area contributed by atoms with Crippen LogP contribution in [0.25, 0.3) is 0 Å². The lowest BCUT2D eigenvalue weighted by Gasteiger charge is -2.20. The highest BCUT2D eigenvalue weighted by atomic mass is 31.2. The van der Waals surface area contributed by atoms with Gasteiger partial charge in [0.25, 0.3) is 0 Å². The number of ether oxygens (including phenoxy) is 2. The highest BCUT2D eigenvalue weighted by molar-refractivity contribution is 7.47. The minimum atomic E-state index is -4.76. The Hall–Kier alpha value is -2.64. The van der Waals surface area contributed by atoms with Crippen LogP contribution in [0, 0.1) is 0 Å². The molecule has 0 aliphatic carbocycles. The maximum absolute atomic E-state index is 12.6. The second-order valence-electron chi connectivity index (χ2n) is 14.8. The number of aliphatic carboxylic acids is 1. The van der Waals surface area contributed by atoms with Crippen LogP contribution in [0.15, 0.2) is 48.6 Å². The van der Waals surface area contributed by atoms with Gasteiger partial charge in [-0.3, -0.25) is 23.4 Å². The molecule has 0 spiro atoms. The Morgan fingerprint density at radius 1 is 0.586 bits per heavy atom. The largest absolute Gasteiger partial charge is 0.480 e. The van der Waals surface area contributed by atoms with Gasteiger partial charge in [-0.05, 0) is 77.0 Å². The van der Waals surface area contributed by atoms with Gasteiger partial charge in [0.15, 0.2) is 6.10 Å². The maximum atomic E-state index is 12.6. The van der Waals surface area contributed by atoms with Crippen molar-refractivity contribution >= 4 is 25.7 Å². The zero-order valence-corrected chi connectivity index (χ0v) is 36.5. The van der Waals surface area contributed by atoms with E-state index in [-0.39, 0.29) is 12.8 Å². The first kappa shape index (κ1) is 55.4. The monoisotopic (exact) mass is 844 g/mol. The van der Waals surface area contributed by atoms with Crippen LogP contribution in [0.1, 0.15) is 168 Å². The number of esters is 2. The van der Waals surface area contributed by atoms with E-state index >= 15 is 0 Å². The molecule has 0 saturated carbocycles. The number of carbonyl (C=O) groups is 3. The molecule has 5 atom stereocenters. The van der Waals surface area contributed by atoms with Gasteiger partial charge >= 0.3 is 25.7 Å². The summed E-state index contributed by atoms with van der Waals surface area (Å²) in [5.74, 6) is -2.55. The molecule has 6 N–H and O–H groups in total. The van der Waals surface area contributed by atoms with Gasteiger partial charge < -0.3 is 35.4 Å². The lowest BCUT2D eigenvalue weighted by atomic mass is 10.1. The number of nitrogens with two attached hydrogens (primary N) is 1. The van der Waals surface area contributed by atoms with Crippen molar-refractivity contribution in [3.8, 4) is 0 Å². The van der Waals surface area contributed by atoms with Gasteiger partial charge in [0.05, 0.1) is 25.4 Å². The quantitative estimate of drug-likeness (QED) is 0.0169. The van der Waals surface area contributed by atoms with Crippen LogP contribution in [-0.2, 0) is 37.5 Å². The second-order valence-corrected chi connectivity index (χ2v) is 16.2. The van der Waals surface area contributed by atoms with Crippen molar-refractivity contribution in [3.05, 3.63) is 48.6 Å². The molecule has 336 valence electrons.